The van der Waals surface area contributed by atoms with Crippen LogP contribution in [0.5, 0.6) is 17.2 Å². The molecule has 1 unspecified atom stereocenters. The molecule has 0 bridgehead atoms. The molecule has 1 heterocycles. The Hall–Kier alpha value is -2.09. The van der Waals surface area contributed by atoms with E-state index in [-0.39, 0.29) is 34.8 Å². The van der Waals surface area contributed by atoms with Gasteiger partial charge in [0.15, 0.2) is 11.5 Å². The van der Waals surface area contributed by atoms with E-state index < -0.39 is 6.61 Å². The summed E-state index contributed by atoms with van der Waals surface area (Å²) in [6.07, 6.45) is 2.78. The van der Waals surface area contributed by atoms with Crippen LogP contribution in [0, 0.1) is 0 Å². The van der Waals surface area contributed by atoms with E-state index in [9.17, 15) is 13.6 Å². The van der Waals surface area contributed by atoms with Crippen molar-refractivity contribution in [2.24, 2.45) is 5.73 Å². The smallest absolute Gasteiger partial charge is 0.387 e. The van der Waals surface area contributed by atoms with E-state index in [1.807, 2.05) is 0 Å². The normalized spacial score (nSPS) is 17.8. The number of methoxy groups -OCH3 is 2. The van der Waals surface area contributed by atoms with Gasteiger partial charge >= 0.3 is 6.61 Å². The molecule has 1 aliphatic rings. The molecule has 0 radical (unpaired) electrons. The Morgan fingerprint density at radius 2 is 1.92 bits per heavy atom. The lowest BCUT2D eigenvalue weighted by Crippen LogP contribution is -2.47. The number of hydrogen-bond acceptors (Lipinski definition) is 5. The average molecular weight is 344 g/mol. The number of halogens is 2. The molecule has 1 fully saturated rings. The number of nitrogens with zero attached hydrogens (tertiary/aromatic N) is 1. The van der Waals surface area contributed by atoms with E-state index in [1.165, 1.54) is 26.4 Å². The third kappa shape index (κ3) is 3.87. The van der Waals surface area contributed by atoms with E-state index in [4.69, 9.17) is 15.2 Å². The van der Waals surface area contributed by atoms with Crippen molar-refractivity contribution in [1.29, 1.82) is 0 Å². The van der Waals surface area contributed by atoms with Gasteiger partial charge in [-0.2, -0.15) is 8.78 Å². The minimum Gasteiger partial charge on any atom is -0.493 e. The van der Waals surface area contributed by atoms with Crippen molar-refractivity contribution < 1.29 is 27.8 Å². The Balaban J connectivity index is 2.37. The summed E-state index contributed by atoms with van der Waals surface area (Å²) in [6, 6.07) is 2.73. The summed E-state index contributed by atoms with van der Waals surface area (Å²) in [5.41, 5.74) is 6.04. The standard InChI is InChI=1S/C16H22F2N2O4/c1-22-12-7-10(8-13(23-2)14(12)24-16(17)18)15(21)20-6-4-3-5-11(20)9-19/h7-8,11,16H,3-6,9,19H2,1-2H3. The second kappa shape index (κ2) is 8.14. The lowest BCUT2D eigenvalue weighted by molar-refractivity contribution is -0.0526. The van der Waals surface area contributed by atoms with Crippen molar-refractivity contribution in [3.8, 4) is 17.2 Å². The summed E-state index contributed by atoms with van der Waals surface area (Å²) < 4.78 is 39.8. The Kier molecular flexibility index (Phi) is 6.19. The van der Waals surface area contributed by atoms with Crippen molar-refractivity contribution in [3.05, 3.63) is 17.7 Å². The van der Waals surface area contributed by atoms with Gasteiger partial charge in [-0.25, -0.2) is 0 Å². The van der Waals surface area contributed by atoms with Gasteiger partial charge in [0.2, 0.25) is 5.75 Å². The van der Waals surface area contributed by atoms with Gasteiger partial charge in [0.05, 0.1) is 14.2 Å². The van der Waals surface area contributed by atoms with Gasteiger partial charge in [-0.3, -0.25) is 4.79 Å². The molecule has 1 aromatic rings. The summed E-state index contributed by atoms with van der Waals surface area (Å²) in [5.74, 6) is -0.440. The number of alkyl halides is 2. The van der Waals surface area contributed by atoms with E-state index in [0.717, 1.165) is 19.3 Å². The molecule has 1 saturated heterocycles. The van der Waals surface area contributed by atoms with Crippen LogP contribution in [-0.2, 0) is 0 Å². The molecular formula is C16H22F2N2O4. The van der Waals surface area contributed by atoms with Crippen LogP contribution in [0.3, 0.4) is 0 Å². The van der Waals surface area contributed by atoms with Gasteiger partial charge < -0.3 is 24.8 Å². The van der Waals surface area contributed by atoms with E-state index >= 15 is 0 Å². The van der Waals surface area contributed by atoms with E-state index in [2.05, 4.69) is 4.74 Å². The summed E-state index contributed by atoms with van der Waals surface area (Å²) in [4.78, 5) is 14.5. The van der Waals surface area contributed by atoms with Gasteiger partial charge in [-0.15, -0.1) is 0 Å². The molecular weight excluding hydrogens is 322 g/mol. The SMILES string of the molecule is COc1cc(C(=O)N2CCCCC2CN)cc(OC)c1OC(F)F. The van der Waals surface area contributed by atoms with Crippen molar-refractivity contribution in [1.82, 2.24) is 4.90 Å². The number of carbonyl (C=O) groups excluding carboxylic acids is 1. The number of amides is 1. The minimum atomic E-state index is -3.03. The first kappa shape index (κ1) is 18.3. The molecule has 1 atom stereocenters. The van der Waals surface area contributed by atoms with Gasteiger partial charge in [-0.1, -0.05) is 0 Å². The molecule has 1 amide bonds. The Bertz CT molecular complexity index is 558. The maximum absolute atomic E-state index is 12.8. The van der Waals surface area contributed by atoms with Gasteiger partial charge in [0.1, 0.15) is 0 Å². The Morgan fingerprint density at radius 1 is 1.29 bits per heavy atom. The Morgan fingerprint density at radius 3 is 2.42 bits per heavy atom. The molecule has 6 nitrogen and oxygen atoms in total. The third-order valence-electron chi connectivity index (χ3n) is 4.07. The zero-order valence-corrected chi connectivity index (χ0v) is 13.8. The van der Waals surface area contributed by atoms with Crippen LogP contribution in [0.15, 0.2) is 12.1 Å². The van der Waals surface area contributed by atoms with Gasteiger partial charge in [0, 0.05) is 24.7 Å². The molecule has 2 rings (SSSR count). The highest BCUT2D eigenvalue weighted by molar-refractivity contribution is 5.96. The first-order chi connectivity index (χ1) is 11.5. The topological polar surface area (TPSA) is 74.0 Å². The first-order valence-corrected chi connectivity index (χ1v) is 7.73. The maximum atomic E-state index is 12.8. The largest absolute Gasteiger partial charge is 0.493 e. The molecule has 0 aromatic heterocycles. The van der Waals surface area contributed by atoms with Crippen molar-refractivity contribution in [2.75, 3.05) is 27.3 Å². The van der Waals surface area contributed by atoms with Crippen LogP contribution in [0.4, 0.5) is 8.78 Å². The second-order valence-corrected chi connectivity index (χ2v) is 5.47. The quantitative estimate of drug-likeness (QED) is 0.857. The summed E-state index contributed by atoms with van der Waals surface area (Å²) in [6.45, 7) is -2.04. The highest BCUT2D eigenvalue weighted by Gasteiger charge is 2.28. The van der Waals surface area contributed by atoms with Crippen molar-refractivity contribution in [3.63, 3.8) is 0 Å². The number of likely N-dealkylation sites (tertiary alicyclic amines) is 1. The predicted molar refractivity (Wildman–Crippen MR) is 83.9 cm³/mol. The minimum absolute atomic E-state index is 0.0132. The molecule has 1 aliphatic heterocycles. The number of benzene rings is 1. The predicted octanol–water partition coefficient (Wildman–Crippen LogP) is 2.26. The summed E-state index contributed by atoms with van der Waals surface area (Å²) in [7, 11) is 2.62. The van der Waals surface area contributed by atoms with Crippen molar-refractivity contribution in [2.45, 2.75) is 31.9 Å². The van der Waals surface area contributed by atoms with Crippen LogP contribution in [0.25, 0.3) is 0 Å². The third-order valence-corrected chi connectivity index (χ3v) is 4.07. The molecule has 8 heteroatoms. The molecule has 0 aliphatic carbocycles. The monoisotopic (exact) mass is 344 g/mol. The first-order valence-electron chi connectivity index (χ1n) is 7.73. The van der Waals surface area contributed by atoms with E-state index in [1.54, 1.807) is 4.90 Å². The Labute approximate surface area is 139 Å². The van der Waals surface area contributed by atoms with Crippen LogP contribution >= 0.6 is 0 Å². The lowest BCUT2D eigenvalue weighted by Gasteiger charge is -2.35. The number of nitrogens with two attached hydrogens (primary N) is 1. The van der Waals surface area contributed by atoms with Crippen LogP contribution < -0.4 is 19.9 Å². The molecule has 134 valence electrons. The van der Waals surface area contributed by atoms with E-state index in [0.29, 0.717) is 13.1 Å². The molecule has 2 N–H and O–H groups in total. The van der Waals surface area contributed by atoms with Crippen molar-refractivity contribution >= 4 is 5.91 Å². The highest BCUT2D eigenvalue weighted by Crippen LogP contribution is 2.40. The van der Waals surface area contributed by atoms with Crippen LogP contribution in [-0.4, -0.2) is 50.8 Å². The van der Waals surface area contributed by atoms with Gasteiger partial charge in [-0.05, 0) is 31.4 Å². The molecule has 0 spiro atoms. The molecule has 0 saturated carbocycles. The van der Waals surface area contributed by atoms with Crippen LogP contribution in [0.2, 0.25) is 0 Å². The molecule has 24 heavy (non-hydrogen) atoms. The number of rotatable bonds is 6. The molecule has 1 aromatic carbocycles. The number of piperidine rings is 1. The number of hydrogen-bond donors (Lipinski definition) is 1. The second-order valence-electron chi connectivity index (χ2n) is 5.47. The number of carbonyl (C=O) groups is 1. The fourth-order valence-electron chi connectivity index (χ4n) is 2.89. The van der Waals surface area contributed by atoms with Crippen LogP contribution in [0.1, 0.15) is 29.6 Å². The summed E-state index contributed by atoms with van der Waals surface area (Å²) in [5, 5.41) is 0. The summed E-state index contributed by atoms with van der Waals surface area (Å²) >= 11 is 0. The maximum Gasteiger partial charge on any atom is 0.387 e. The fourth-order valence-corrected chi connectivity index (χ4v) is 2.89. The lowest BCUT2D eigenvalue weighted by atomic mass is 10.0. The highest BCUT2D eigenvalue weighted by atomic mass is 19.3. The zero-order chi connectivity index (χ0) is 17.7. The van der Waals surface area contributed by atoms with Gasteiger partial charge in [0.25, 0.3) is 5.91 Å². The fraction of sp³-hybridized carbons (Fsp3) is 0.562. The zero-order valence-electron chi connectivity index (χ0n) is 13.8. The average Bonchev–Trinajstić information content (AvgIpc) is 2.60. The number of ether oxygens (including phenoxy) is 3.